The summed E-state index contributed by atoms with van der Waals surface area (Å²) in [7, 11) is 0. The van der Waals surface area contributed by atoms with Crippen LogP contribution in [0.2, 0.25) is 0 Å². The van der Waals surface area contributed by atoms with Gasteiger partial charge in [0.25, 0.3) is 0 Å². The second-order valence-corrected chi connectivity index (χ2v) is 3.29. The highest BCUT2D eigenvalue weighted by Gasteiger charge is 2.13. The molecule has 0 radical (unpaired) electrons. The van der Waals surface area contributed by atoms with Gasteiger partial charge in [-0.15, -0.1) is 0 Å². The van der Waals surface area contributed by atoms with Gasteiger partial charge in [-0.25, -0.2) is 0 Å². The molecular weight excluding hydrogens is 196 g/mol. The van der Waals surface area contributed by atoms with Crippen molar-refractivity contribution in [2.45, 2.75) is 6.42 Å². The summed E-state index contributed by atoms with van der Waals surface area (Å²) in [6.45, 7) is 0.726. The number of aliphatic hydroxyl groups is 1. The molecule has 0 unspecified atom stereocenters. The summed E-state index contributed by atoms with van der Waals surface area (Å²) in [5.74, 6) is 0.916. The standard InChI is InChI=1S/C11H12O4/c12-7-9(13)8-2-3-10-11(6-8)15-5-1-4-14-10/h2-3,6,12H,1,4-5,7H2. The van der Waals surface area contributed by atoms with Crippen molar-refractivity contribution < 1.29 is 19.4 Å². The fraction of sp³-hybridized carbons (Fsp3) is 0.364. The first kappa shape index (κ1) is 9.98. The van der Waals surface area contributed by atoms with Crippen molar-refractivity contribution in [3.05, 3.63) is 23.8 Å². The maximum Gasteiger partial charge on any atom is 0.188 e. The predicted octanol–water partition coefficient (Wildman–Crippen LogP) is 1.02. The van der Waals surface area contributed by atoms with Gasteiger partial charge in [0.2, 0.25) is 0 Å². The molecule has 4 heteroatoms. The summed E-state index contributed by atoms with van der Waals surface area (Å²) in [4.78, 5) is 11.2. The van der Waals surface area contributed by atoms with Crippen molar-refractivity contribution in [2.24, 2.45) is 0 Å². The Balaban J connectivity index is 2.31. The molecule has 2 rings (SSSR count). The lowest BCUT2D eigenvalue weighted by molar-refractivity contribution is 0.0903. The molecule has 0 spiro atoms. The number of hydrogen-bond donors (Lipinski definition) is 1. The molecule has 1 aliphatic rings. The van der Waals surface area contributed by atoms with E-state index in [4.69, 9.17) is 14.6 Å². The number of hydrogen-bond acceptors (Lipinski definition) is 4. The van der Waals surface area contributed by atoms with Crippen LogP contribution in [0.15, 0.2) is 18.2 Å². The molecule has 1 aliphatic heterocycles. The van der Waals surface area contributed by atoms with Crippen molar-refractivity contribution in [1.29, 1.82) is 0 Å². The van der Waals surface area contributed by atoms with Crippen LogP contribution in [0.4, 0.5) is 0 Å². The molecule has 80 valence electrons. The maximum atomic E-state index is 11.2. The first-order valence-corrected chi connectivity index (χ1v) is 4.85. The number of ketones is 1. The number of carbonyl (C=O) groups excluding carboxylic acids is 1. The van der Waals surface area contributed by atoms with E-state index >= 15 is 0 Å². The average Bonchev–Trinajstić information content (AvgIpc) is 2.51. The second-order valence-electron chi connectivity index (χ2n) is 3.29. The van der Waals surface area contributed by atoms with Gasteiger partial charge in [0.05, 0.1) is 13.2 Å². The monoisotopic (exact) mass is 208 g/mol. The first-order valence-electron chi connectivity index (χ1n) is 4.85. The van der Waals surface area contributed by atoms with Gasteiger partial charge in [-0.2, -0.15) is 0 Å². The summed E-state index contributed by atoms with van der Waals surface area (Å²) >= 11 is 0. The van der Waals surface area contributed by atoms with E-state index in [1.807, 2.05) is 0 Å². The molecule has 0 atom stereocenters. The number of rotatable bonds is 2. The number of fused-ring (bicyclic) bond motifs is 1. The number of carbonyl (C=O) groups is 1. The largest absolute Gasteiger partial charge is 0.490 e. The molecule has 0 aliphatic carbocycles. The van der Waals surface area contributed by atoms with Gasteiger partial charge in [0.1, 0.15) is 6.61 Å². The van der Waals surface area contributed by atoms with E-state index in [1.165, 1.54) is 0 Å². The third kappa shape index (κ3) is 2.10. The Morgan fingerprint density at radius 2 is 2.00 bits per heavy atom. The maximum absolute atomic E-state index is 11.2. The zero-order chi connectivity index (χ0) is 10.7. The van der Waals surface area contributed by atoms with E-state index in [9.17, 15) is 4.79 Å². The van der Waals surface area contributed by atoms with E-state index in [-0.39, 0.29) is 5.78 Å². The van der Waals surface area contributed by atoms with Gasteiger partial charge >= 0.3 is 0 Å². The van der Waals surface area contributed by atoms with Gasteiger partial charge in [-0.3, -0.25) is 4.79 Å². The van der Waals surface area contributed by atoms with Crippen LogP contribution in [0, 0.1) is 0 Å². The quantitative estimate of drug-likeness (QED) is 0.737. The van der Waals surface area contributed by atoms with Crippen LogP contribution in [0.25, 0.3) is 0 Å². The van der Waals surface area contributed by atoms with E-state index in [1.54, 1.807) is 18.2 Å². The molecule has 1 aromatic rings. The third-order valence-electron chi connectivity index (χ3n) is 2.21. The smallest absolute Gasteiger partial charge is 0.188 e. The second kappa shape index (κ2) is 4.31. The van der Waals surface area contributed by atoms with Crippen LogP contribution in [0.1, 0.15) is 16.8 Å². The zero-order valence-corrected chi connectivity index (χ0v) is 8.23. The normalized spacial score (nSPS) is 14.5. The zero-order valence-electron chi connectivity index (χ0n) is 8.23. The molecule has 0 amide bonds. The highest BCUT2D eigenvalue weighted by Crippen LogP contribution is 2.30. The molecule has 1 aromatic carbocycles. The Bertz CT molecular complexity index is 373. The average molecular weight is 208 g/mol. The predicted molar refractivity (Wildman–Crippen MR) is 53.5 cm³/mol. The van der Waals surface area contributed by atoms with E-state index in [0.29, 0.717) is 30.3 Å². The molecule has 1 heterocycles. The summed E-state index contributed by atoms with van der Waals surface area (Å²) in [6, 6.07) is 4.94. The van der Waals surface area contributed by atoms with Crippen molar-refractivity contribution in [2.75, 3.05) is 19.8 Å². The third-order valence-corrected chi connectivity index (χ3v) is 2.21. The number of ether oxygens (including phenoxy) is 2. The minimum Gasteiger partial charge on any atom is -0.490 e. The SMILES string of the molecule is O=C(CO)c1ccc2c(c1)OCCCO2. The van der Waals surface area contributed by atoms with Gasteiger partial charge in [-0.05, 0) is 18.2 Å². The van der Waals surface area contributed by atoms with Crippen molar-refractivity contribution in [3.63, 3.8) is 0 Å². The summed E-state index contributed by atoms with van der Waals surface area (Å²) in [5, 5.41) is 8.73. The fourth-order valence-electron chi connectivity index (χ4n) is 1.43. The van der Waals surface area contributed by atoms with Gasteiger partial charge < -0.3 is 14.6 Å². The van der Waals surface area contributed by atoms with E-state index in [2.05, 4.69) is 0 Å². The molecular formula is C11H12O4. The lowest BCUT2D eigenvalue weighted by Crippen LogP contribution is -2.04. The van der Waals surface area contributed by atoms with Crippen LogP contribution in [0.3, 0.4) is 0 Å². The van der Waals surface area contributed by atoms with E-state index in [0.717, 1.165) is 6.42 Å². The minimum absolute atomic E-state index is 0.314. The molecule has 15 heavy (non-hydrogen) atoms. The first-order chi connectivity index (χ1) is 7.31. The topological polar surface area (TPSA) is 55.8 Å². The Morgan fingerprint density at radius 1 is 1.27 bits per heavy atom. The summed E-state index contributed by atoms with van der Waals surface area (Å²) < 4.78 is 10.8. The number of benzene rings is 1. The van der Waals surface area contributed by atoms with Crippen molar-refractivity contribution in [1.82, 2.24) is 0 Å². The Hall–Kier alpha value is -1.55. The lowest BCUT2D eigenvalue weighted by Gasteiger charge is -2.07. The minimum atomic E-state index is -0.486. The van der Waals surface area contributed by atoms with E-state index < -0.39 is 6.61 Å². The summed E-state index contributed by atoms with van der Waals surface area (Å²) in [5.41, 5.74) is 0.446. The highest BCUT2D eigenvalue weighted by atomic mass is 16.5. The highest BCUT2D eigenvalue weighted by molar-refractivity contribution is 5.97. The van der Waals surface area contributed by atoms with Gasteiger partial charge in [0, 0.05) is 12.0 Å². The Kier molecular flexibility index (Phi) is 2.87. The molecule has 0 fully saturated rings. The Morgan fingerprint density at radius 3 is 2.73 bits per heavy atom. The van der Waals surface area contributed by atoms with Crippen molar-refractivity contribution >= 4 is 5.78 Å². The molecule has 0 saturated heterocycles. The molecule has 1 N–H and O–H groups in total. The fourth-order valence-corrected chi connectivity index (χ4v) is 1.43. The number of aliphatic hydroxyl groups excluding tert-OH is 1. The van der Waals surface area contributed by atoms with Crippen molar-refractivity contribution in [3.8, 4) is 11.5 Å². The lowest BCUT2D eigenvalue weighted by atomic mass is 10.1. The van der Waals surface area contributed by atoms with Crippen LogP contribution >= 0.6 is 0 Å². The van der Waals surface area contributed by atoms with Gasteiger partial charge in [-0.1, -0.05) is 0 Å². The molecule has 4 nitrogen and oxygen atoms in total. The van der Waals surface area contributed by atoms with Crippen LogP contribution in [0.5, 0.6) is 11.5 Å². The van der Waals surface area contributed by atoms with Crippen LogP contribution in [-0.2, 0) is 0 Å². The Labute approximate surface area is 87.4 Å². The molecule has 0 aromatic heterocycles. The van der Waals surface area contributed by atoms with Crippen LogP contribution < -0.4 is 9.47 Å². The molecule has 0 bridgehead atoms. The number of Topliss-reactive ketones (excluding diaryl/α,β-unsaturated/α-hetero) is 1. The van der Waals surface area contributed by atoms with Gasteiger partial charge in [0.15, 0.2) is 17.3 Å². The summed E-state index contributed by atoms with van der Waals surface area (Å²) in [6.07, 6.45) is 0.831. The van der Waals surface area contributed by atoms with Crippen LogP contribution in [-0.4, -0.2) is 30.7 Å². The molecule has 0 saturated carbocycles.